The van der Waals surface area contributed by atoms with E-state index in [1.54, 1.807) is 30.6 Å². The van der Waals surface area contributed by atoms with E-state index in [9.17, 15) is 4.79 Å². The molecule has 1 aliphatic heterocycles. The molecule has 2 aromatic heterocycles. The molecule has 0 bridgehead atoms. The van der Waals surface area contributed by atoms with E-state index >= 15 is 0 Å². The van der Waals surface area contributed by atoms with Gasteiger partial charge < -0.3 is 14.2 Å². The number of ether oxygens (including phenoxy) is 1. The van der Waals surface area contributed by atoms with E-state index in [1.807, 2.05) is 29.2 Å². The fraction of sp³-hybridized carbons (Fsp3) is 0.227. The average molecular weight is 451 g/mol. The summed E-state index contributed by atoms with van der Waals surface area (Å²) in [5.74, 6) is 0.411. The summed E-state index contributed by atoms with van der Waals surface area (Å²) in [5, 5.41) is 12.7. The Morgan fingerprint density at radius 3 is 2.84 bits per heavy atom. The van der Waals surface area contributed by atoms with E-state index in [-0.39, 0.29) is 11.9 Å². The van der Waals surface area contributed by atoms with Crippen molar-refractivity contribution < 1.29 is 14.1 Å². The van der Waals surface area contributed by atoms with Crippen molar-refractivity contribution in [2.45, 2.75) is 12.5 Å². The van der Waals surface area contributed by atoms with Gasteiger partial charge in [0.05, 0.1) is 42.9 Å². The number of benzene rings is 2. The summed E-state index contributed by atoms with van der Waals surface area (Å²) in [6.07, 6.45) is 5.04. The number of carbonyl (C=O) groups is 1. The smallest absolute Gasteiger partial charge is 0.256 e. The minimum Gasteiger partial charge on any atom is -0.377 e. The minimum atomic E-state index is -0.133. The first-order chi connectivity index (χ1) is 15.7. The van der Waals surface area contributed by atoms with Crippen molar-refractivity contribution in [3.8, 4) is 17.1 Å². The molecule has 1 fully saturated rings. The van der Waals surface area contributed by atoms with E-state index in [1.165, 1.54) is 11.2 Å². The first-order valence-corrected chi connectivity index (χ1v) is 10.5. The highest BCUT2D eigenvalue weighted by Crippen LogP contribution is 2.24. The fourth-order valence-corrected chi connectivity index (χ4v) is 4.01. The Morgan fingerprint density at radius 2 is 2.03 bits per heavy atom. The summed E-state index contributed by atoms with van der Waals surface area (Å²) in [7, 11) is 0. The number of amides is 1. The monoisotopic (exact) mass is 450 g/mol. The number of hydrogen-bond donors (Lipinski definition) is 0. The number of rotatable bonds is 5. The number of hydrogen-bond acceptors (Lipinski definition) is 7. The Balaban J connectivity index is 1.42. The van der Waals surface area contributed by atoms with Gasteiger partial charge in [-0.05, 0) is 36.2 Å². The average Bonchev–Trinajstić information content (AvgIpc) is 3.54. The quantitative estimate of drug-likeness (QED) is 0.460. The fourth-order valence-electron chi connectivity index (χ4n) is 3.84. The normalized spacial score (nSPS) is 16.3. The van der Waals surface area contributed by atoms with Crippen LogP contribution in [0, 0.1) is 0 Å². The van der Waals surface area contributed by atoms with Crippen molar-refractivity contribution in [3.05, 3.63) is 77.4 Å². The Morgan fingerprint density at radius 1 is 1.16 bits per heavy atom. The summed E-state index contributed by atoms with van der Waals surface area (Å²) < 4.78 is 10.6. The molecule has 9 nitrogen and oxygen atoms in total. The third kappa shape index (κ3) is 4.12. The third-order valence-corrected chi connectivity index (χ3v) is 5.57. The third-order valence-electron chi connectivity index (χ3n) is 5.33. The molecule has 0 radical (unpaired) electrons. The summed E-state index contributed by atoms with van der Waals surface area (Å²) >= 11 is 6.19. The zero-order valence-corrected chi connectivity index (χ0v) is 17.7. The van der Waals surface area contributed by atoms with Crippen molar-refractivity contribution in [3.63, 3.8) is 0 Å². The highest BCUT2D eigenvalue weighted by molar-refractivity contribution is 6.31. The van der Waals surface area contributed by atoms with Crippen molar-refractivity contribution in [2.75, 3.05) is 19.8 Å². The largest absolute Gasteiger partial charge is 0.377 e. The molecule has 0 N–H and O–H groups in total. The van der Waals surface area contributed by atoms with Crippen LogP contribution in [0.5, 0.6) is 0 Å². The Labute approximate surface area is 188 Å². The highest BCUT2D eigenvalue weighted by Gasteiger charge is 2.30. The van der Waals surface area contributed by atoms with Crippen LogP contribution in [0.4, 0.5) is 0 Å². The lowest BCUT2D eigenvalue weighted by Gasteiger charge is -2.36. The lowest BCUT2D eigenvalue weighted by Crippen LogP contribution is -2.50. The molecule has 32 heavy (non-hydrogen) atoms. The molecule has 5 rings (SSSR count). The second-order valence-corrected chi connectivity index (χ2v) is 7.80. The molecule has 2 aromatic carbocycles. The van der Waals surface area contributed by atoms with Crippen LogP contribution in [0.2, 0.25) is 5.02 Å². The predicted octanol–water partition coefficient (Wildman–Crippen LogP) is 3.05. The molecule has 0 unspecified atom stereocenters. The van der Waals surface area contributed by atoms with Crippen LogP contribution < -0.4 is 0 Å². The van der Waals surface area contributed by atoms with Crippen LogP contribution in [-0.4, -0.2) is 61.7 Å². The molecular formula is C22H19ClN6O3. The first kappa shape index (κ1) is 20.3. The summed E-state index contributed by atoms with van der Waals surface area (Å²) in [4.78, 5) is 21.0. The van der Waals surface area contributed by atoms with Gasteiger partial charge in [-0.15, -0.1) is 0 Å². The predicted molar refractivity (Wildman–Crippen MR) is 115 cm³/mol. The molecule has 4 aromatic rings. The maximum atomic E-state index is 13.6. The molecule has 10 heteroatoms. The molecule has 0 spiro atoms. The van der Waals surface area contributed by atoms with Gasteiger partial charge in [0.1, 0.15) is 0 Å². The van der Waals surface area contributed by atoms with Gasteiger partial charge in [0.15, 0.2) is 0 Å². The van der Waals surface area contributed by atoms with Gasteiger partial charge >= 0.3 is 0 Å². The van der Waals surface area contributed by atoms with E-state index in [4.69, 9.17) is 20.9 Å². The molecule has 162 valence electrons. The zero-order valence-electron chi connectivity index (χ0n) is 17.0. The maximum absolute atomic E-state index is 13.6. The van der Waals surface area contributed by atoms with Crippen LogP contribution in [0.25, 0.3) is 17.1 Å². The molecule has 1 saturated heterocycles. The van der Waals surface area contributed by atoms with Gasteiger partial charge in [-0.2, -0.15) is 20.0 Å². The van der Waals surface area contributed by atoms with E-state index in [0.717, 1.165) is 11.1 Å². The molecule has 1 amide bonds. The molecular weight excluding hydrogens is 432 g/mol. The van der Waals surface area contributed by atoms with Crippen molar-refractivity contribution in [1.82, 2.24) is 30.0 Å². The Hall–Kier alpha value is -3.56. The molecule has 1 aliphatic rings. The topological polar surface area (TPSA) is 99.2 Å². The summed E-state index contributed by atoms with van der Waals surface area (Å²) in [6.45, 7) is 1.41. The molecule has 1 atom stereocenters. The number of aromatic nitrogens is 5. The highest BCUT2D eigenvalue weighted by atomic mass is 35.5. The second kappa shape index (κ2) is 8.89. The van der Waals surface area contributed by atoms with Gasteiger partial charge in [-0.1, -0.05) is 35.0 Å². The Kier molecular flexibility index (Phi) is 5.66. The lowest BCUT2D eigenvalue weighted by molar-refractivity contribution is -0.00164. The lowest BCUT2D eigenvalue weighted by atomic mass is 10.0. The molecule has 0 saturated carbocycles. The zero-order chi connectivity index (χ0) is 21.9. The van der Waals surface area contributed by atoms with E-state index < -0.39 is 0 Å². The standard InChI is InChI=1S/C22H19ClN6O3/c23-17-4-5-19(20(12-17)29-25-6-7-26-29)22(30)28-8-9-31-13-18(28)11-15-2-1-3-16(10-15)21-24-14-32-27-21/h1-7,10,12,14,18H,8-9,11,13H2/t18-/m1/s1. The van der Waals surface area contributed by atoms with Crippen molar-refractivity contribution >= 4 is 17.5 Å². The minimum absolute atomic E-state index is 0.114. The van der Waals surface area contributed by atoms with Crippen molar-refractivity contribution in [2.24, 2.45) is 0 Å². The Bertz CT molecular complexity index is 1210. The van der Waals surface area contributed by atoms with Crippen molar-refractivity contribution in [1.29, 1.82) is 0 Å². The van der Waals surface area contributed by atoms with Crippen LogP contribution >= 0.6 is 11.6 Å². The number of halogens is 1. The van der Waals surface area contributed by atoms with Crippen LogP contribution in [0.1, 0.15) is 15.9 Å². The van der Waals surface area contributed by atoms with E-state index in [2.05, 4.69) is 20.3 Å². The number of carbonyl (C=O) groups excluding carboxylic acids is 1. The second-order valence-electron chi connectivity index (χ2n) is 7.37. The van der Waals surface area contributed by atoms with Gasteiger partial charge in [-0.3, -0.25) is 4.79 Å². The van der Waals surface area contributed by atoms with Crippen LogP contribution in [0.3, 0.4) is 0 Å². The van der Waals surface area contributed by atoms with Gasteiger partial charge in [0.25, 0.3) is 5.91 Å². The van der Waals surface area contributed by atoms with E-state index in [0.29, 0.717) is 48.3 Å². The SMILES string of the molecule is O=C(c1ccc(Cl)cc1-n1nccn1)N1CCOC[C@H]1Cc1cccc(-c2ncon2)c1. The van der Waals surface area contributed by atoms with Gasteiger partial charge in [-0.25, -0.2) is 0 Å². The molecule has 0 aliphatic carbocycles. The maximum Gasteiger partial charge on any atom is 0.256 e. The number of nitrogens with zero attached hydrogens (tertiary/aromatic N) is 6. The van der Waals surface area contributed by atoms with Crippen LogP contribution in [-0.2, 0) is 11.2 Å². The van der Waals surface area contributed by atoms with Gasteiger partial charge in [0, 0.05) is 17.1 Å². The first-order valence-electron chi connectivity index (χ1n) is 10.1. The summed E-state index contributed by atoms with van der Waals surface area (Å²) in [5.41, 5.74) is 2.93. The molecule has 3 heterocycles. The van der Waals surface area contributed by atoms with Gasteiger partial charge in [0.2, 0.25) is 12.2 Å². The summed E-state index contributed by atoms with van der Waals surface area (Å²) in [6, 6.07) is 12.9. The van der Waals surface area contributed by atoms with Crippen LogP contribution in [0.15, 0.2) is 65.8 Å². The number of morpholine rings is 1.